The standard InChI is InChI=1S/C26H21NO4S/c28-22-14-23(19-9-11-20(12-10-19)30-16-17-4-3-13-27-15-17)31-26(29)25(22)32-24-6-2-1-5-21(24)18-7-8-18/h1-6,9-15,18,28H,7-8,16H2. The van der Waals surface area contributed by atoms with Crippen molar-refractivity contribution in [2.24, 2.45) is 0 Å². The second-order valence-electron chi connectivity index (χ2n) is 7.70. The molecule has 0 saturated heterocycles. The van der Waals surface area contributed by atoms with Gasteiger partial charge in [0, 0.05) is 34.5 Å². The molecule has 160 valence electrons. The Morgan fingerprint density at radius 2 is 1.88 bits per heavy atom. The van der Waals surface area contributed by atoms with Gasteiger partial charge >= 0.3 is 5.63 Å². The molecule has 1 N–H and O–H groups in total. The Morgan fingerprint density at radius 3 is 2.59 bits per heavy atom. The average Bonchev–Trinajstić information content (AvgIpc) is 3.67. The Hall–Kier alpha value is -3.51. The van der Waals surface area contributed by atoms with Crippen molar-refractivity contribution in [2.45, 2.75) is 35.2 Å². The zero-order valence-electron chi connectivity index (χ0n) is 17.2. The third-order valence-electron chi connectivity index (χ3n) is 5.30. The molecule has 1 aliphatic carbocycles. The number of ether oxygens (including phenoxy) is 1. The van der Waals surface area contributed by atoms with Crippen LogP contribution in [0.5, 0.6) is 11.5 Å². The fraction of sp³-hybridized carbons (Fsp3) is 0.154. The minimum absolute atomic E-state index is 0.0799. The Kier molecular flexibility index (Phi) is 5.69. The highest BCUT2D eigenvalue weighted by Gasteiger charge is 2.27. The normalized spacial score (nSPS) is 13.1. The summed E-state index contributed by atoms with van der Waals surface area (Å²) in [4.78, 5) is 17.9. The van der Waals surface area contributed by atoms with Gasteiger partial charge in [0.1, 0.15) is 28.8 Å². The maximum Gasteiger partial charge on any atom is 0.354 e. The van der Waals surface area contributed by atoms with Crippen molar-refractivity contribution < 1.29 is 14.3 Å². The molecule has 1 saturated carbocycles. The lowest BCUT2D eigenvalue weighted by Gasteiger charge is -2.10. The summed E-state index contributed by atoms with van der Waals surface area (Å²) in [5.74, 6) is 1.47. The molecule has 0 atom stereocenters. The molecule has 0 unspecified atom stereocenters. The van der Waals surface area contributed by atoms with Crippen molar-refractivity contribution in [3.8, 4) is 22.8 Å². The smallest absolute Gasteiger partial charge is 0.354 e. The van der Waals surface area contributed by atoms with Gasteiger partial charge < -0.3 is 14.3 Å². The summed E-state index contributed by atoms with van der Waals surface area (Å²) in [6.45, 7) is 0.414. The molecule has 2 aromatic carbocycles. The van der Waals surface area contributed by atoms with E-state index in [0.29, 0.717) is 29.6 Å². The van der Waals surface area contributed by atoms with Crippen LogP contribution in [0.25, 0.3) is 11.3 Å². The number of aromatic hydroxyl groups is 1. The number of pyridine rings is 1. The van der Waals surface area contributed by atoms with Crippen LogP contribution in [-0.2, 0) is 6.61 Å². The van der Waals surface area contributed by atoms with Gasteiger partial charge in [0.2, 0.25) is 0 Å². The topological polar surface area (TPSA) is 72.6 Å². The number of hydrogen-bond donors (Lipinski definition) is 1. The zero-order valence-corrected chi connectivity index (χ0v) is 18.0. The van der Waals surface area contributed by atoms with E-state index in [1.54, 1.807) is 36.7 Å². The van der Waals surface area contributed by atoms with Gasteiger partial charge in [0.05, 0.1) is 0 Å². The van der Waals surface area contributed by atoms with Gasteiger partial charge in [-0.3, -0.25) is 4.98 Å². The van der Waals surface area contributed by atoms with Gasteiger partial charge in [-0.05, 0) is 60.7 Å². The van der Waals surface area contributed by atoms with Gasteiger partial charge in [-0.2, -0.15) is 0 Å². The highest BCUT2D eigenvalue weighted by Crippen LogP contribution is 2.46. The Bertz CT molecular complexity index is 1280. The molecule has 0 amide bonds. The summed E-state index contributed by atoms with van der Waals surface area (Å²) in [6, 6.07) is 20.5. The molecule has 1 fully saturated rings. The fourth-order valence-electron chi connectivity index (χ4n) is 3.49. The molecule has 0 bridgehead atoms. The van der Waals surface area contributed by atoms with E-state index in [2.05, 4.69) is 11.1 Å². The number of rotatable bonds is 7. The number of benzene rings is 2. The summed E-state index contributed by atoms with van der Waals surface area (Å²) in [6.07, 6.45) is 5.81. The van der Waals surface area contributed by atoms with Crippen molar-refractivity contribution in [1.29, 1.82) is 0 Å². The lowest BCUT2D eigenvalue weighted by atomic mass is 10.1. The summed E-state index contributed by atoms with van der Waals surface area (Å²) in [5.41, 5.74) is 2.33. The third kappa shape index (κ3) is 4.55. The molecule has 2 aromatic heterocycles. The predicted molar refractivity (Wildman–Crippen MR) is 123 cm³/mol. The summed E-state index contributed by atoms with van der Waals surface area (Å²) < 4.78 is 11.3. The van der Waals surface area contributed by atoms with E-state index in [0.717, 1.165) is 10.5 Å². The summed E-state index contributed by atoms with van der Waals surface area (Å²) in [7, 11) is 0. The van der Waals surface area contributed by atoms with E-state index in [1.165, 1.54) is 36.2 Å². The molecule has 0 radical (unpaired) electrons. The highest BCUT2D eigenvalue weighted by atomic mass is 32.2. The van der Waals surface area contributed by atoms with Crippen LogP contribution in [0.15, 0.2) is 98.1 Å². The van der Waals surface area contributed by atoms with Crippen LogP contribution in [-0.4, -0.2) is 10.1 Å². The molecule has 2 heterocycles. The first-order valence-electron chi connectivity index (χ1n) is 10.4. The SMILES string of the molecule is O=c1oc(-c2ccc(OCc3cccnc3)cc2)cc(O)c1Sc1ccccc1C1CC1. The zero-order chi connectivity index (χ0) is 21.9. The van der Waals surface area contributed by atoms with E-state index < -0.39 is 5.63 Å². The highest BCUT2D eigenvalue weighted by molar-refractivity contribution is 7.99. The molecular weight excluding hydrogens is 422 g/mol. The lowest BCUT2D eigenvalue weighted by molar-refractivity contribution is 0.306. The van der Waals surface area contributed by atoms with Crippen LogP contribution < -0.4 is 10.4 Å². The van der Waals surface area contributed by atoms with E-state index >= 15 is 0 Å². The Balaban J connectivity index is 1.33. The number of nitrogens with zero attached hydrogens (tertiary/aromatic N) is 1. The van der Waals surface area contributed by atoms with Crippen molar-refractivity contribution in [2.75, 3.05) is 0 Å². The molecule has 5 nitrogen and oxygen atoms in total. The monoisotopic (exact) mass is 443 g/mol. The fourth-order valence-corrected chi connectivity index (χ4v) is 4.49. The average molecular weight is 444 g/mol. The maximum absolute atomic E-state index is 12.7. The first kappa shape index (κ1) is 20.4. The third-order valence-corrected chi connectivity index (χ3v) is 6.48. The molecule has 0 aliphatic heterocycles. The first-order valence-corrected chi connectivity index (χ1v) is 11.2. The van der Waals surface area contributed by atoms with E-state index in [1.807, 2.05) is 30.3 Å². The minimum Gasteiger partial charge on any atom is -0.506 e. The van der Waals surface area contributed by atoms with Crippen molar-refractivity contribution >= 4 is 11.8 Å². The molecule has 6 heteroatoms. The number of hydrogen-bond acceptors (Lipinski definition) is 6. The molecule has 32 heavy (non-hydrogen) atoms. The number of aromatic nitrogens is 1. The van der Waals surface area contributed by atoms with Crippen molar-refractivity contribution in [3.63, 3.8) is 0 Å². The van der Waals surface area contributed by atoms with Crippen LogP contribution in [0.1, 0.15) is 29.9 Å². The van der Waals surface area contributed by atoms with Crippen molar-refractivity contribution in [3.05, 3.63) is 101 Å². The van der Waals surface area contributed by atoms with Crippen LogP contribution in [0.4, 0.5) is 0 Å². The van der Waals surface area contributed by atoms with Gasteiger partial charge in [0.15, 0.2) is 0 Å². The Morgan fingerprint density at radius 1 is 1.06 bits per heavy atom. The minimum atomic E-state index is -0.549. The summed E-state index contributed by atoms with van der Waals surface area (Å²) >= 11 is 1.27. The maximum atomic E-state index is 12.7. The van der Waals surface area contributed by atoms with Gasteiger partial charge in [-0.15, -0.1) is 0 Å². The van der Waals surface area contributed by atoms with Crippen LogP contribution in [0.2, 0.25) is 0 Å². The van der Waals surface area contributed by atoms with E-state index in [4.69, 9.17) is 9.15 Å². The molecular formula is C26H21NO4S. The van der Waals surface area contributed by atoms with Gasteiger partial charge in [-0.1, -0.05) is 36.0 Å². The van der Waals surface area contributed by atoms with Crippen LogP contribution in [0.3, 0.4) is 0 Å². The Labute approximate surface area is 189 Å². The molecule has 1 aliphatic rings. The second kappa shape index (κ2) is 8.93. The molecule has 0 spiro atoms. The summed E-state index contributed by atoms with van der Waals surface area (Å²) in [5, 5.41) is 10.6. The first-order chi connectivity index (χ1) is 15.7. The van der Waals surface area contributed by atoms with Crippen LogP contribution in [0, 0.1) is 0 Å². The lowest BCUT2D eigenvalue weighted by Crippen LogP contribution is -2.03. The van der Waals surface area contributed by atoms with Crippen molar-refractivity contribution in [1.82, 2.24) is 4.98 Å². The predicted octanol–water partition coefficient (Wildman–Crippen LogP) is 6.02. The molecule has 4 aromatic rings. The van der Waals surface area contributed by atoms with E-state index in [9.17, 15) is 9.90 Å². The molecule has 5 rings (SSSR count). The van der Waals surface area contributed by atoms with Crippen LogP contribution >= 0.6 is 11.8 Å². The largest absolute Gasteiger partial charge is 0.506 e. The second-order valence-corrected chi connectivity index (χ2v) is 8.75. The van der Waals surface area contributed by atoms with Gasteiger partial charge in [-0.25, -0.2) is 4.79 Å². The quantitative estimate of drug-likeness (QED) is 0.377. The van der Waals surface area contributed by atoms with Gasteiger partial charge in [0.25, 0.3) is 0 Å². The van der Waals surface area contributed by atoms with E-state index in [-0.39, 0.29) is 10.6 Å².